The highest BCUT2D eigenvalue weighted by Gasteiger charge is 2.24. The van der Waals surface area contributed by atoms with Gasteiger partial charge in [0.25, 0.3) is 0 Å². The first-order chi connectivity index (χ1) is 12.4. The van der Waals surface area contributed by atoms with Crippen LogP contribution < -0.4 is 20.1 Å². The molecular formula is C18H25ClN2O5. The number of alkyl carbamates (subject to hydrolysis) is 1. The number of ether oxygens (including phenoxy) is 3. The fourth-order valence-corrected chi connectivity index (χ4v) is 2.87. The van der Waals surface area contributed by atoms with E-state index in [2.05, 4.69) is 10.6 Å². The van der Waals surface area contributed by atoms with Crippen LogP contribution in [0.25, 0.3) is 0 Å². The average molecular weight is 385 g/mol. The summed E-state index contributed by atoms with van der Waals surface area (Å²) in [6.45, 7) is 7.05. The van der Waals surface area contributed by atoms with Crippen molar-refractivity contribution in [1.82, 2.24) is 10.6 Å². The first-order valence-corrected chi connectivity index (χ1v) is 9.09. The maximum Gasteiger partial charge on any atom is 0.407 e. The number of rotatable bonds is 7. The summed E-state index contributed by atoms with van der Waals surface area (Å²) in [4.78, 5) is 23.9. The minimum absolute atomic E-state index is 0.0665. The Morgan fingerprint density at radius 3 is 2.69 bits per heavy atom. The largest absolute Gasteiger partial charge is 0.486 e. The highest BCUT2D eigenvalue weighted by Crippen LogP contribution is 2.38. The predicted molar refractivity (Wildman–Crippen MR) is 97.9 cm³/mol. The number of nitrogens with one attached hydrogen (secondary N) is 2. The third-order valence-corrected chi connectivity index (χ3v) is 4.15. The van der Waals surface area contributed by atoms with Crippen LogP contribution in [0.2, 0.25) is 5.02 Å². The first kappa shape index (κ1) is 20.2. The number of halogens is 1. The van der Waals surface area contributed by atoms with Gasteiger partial charge in [-0.3, -0.25) is 4.79 Å². The molecule has 0 aromatic heterocycles. The molecule has 0 bridgehead atoms. The third-order valence-electron chi connectivity index (χ3n) is 3.87. The predicted octanol–water partition coefficient (Wildman–Crippen LogP) is 2.54. The lowest BCUT2D eigenvalue weighted by molar-refractivity contribution is -0.124. The molecule has 1 unspecified atom stereocenters. The van der Waals surface area contributed by atoms with Gasteiger partial charge in [0.1, 0.15) is 19.3 Å². The molecule has 1 aliphatic heterocycles. The second-order valence-electron chi connectivity index (χ2n) is 6.23. The summed E-state index contributed by atoms with van der Waals surface area (Å²) in [6, 6.07) is 3.01. The zero-order chi connectivity index (χ0) is 19.1. The van der Waals surface area contributed by atoms with E-state index in [0.717, 1.165) is 5.56 Å². The highest BCUT2D eigenvalue weighted by atomic mass is 35.5. The molecule has 0 spiro atoms. The minimum atomic E-state index is -0.655. The Labute approximate surface area is 158 Å². The maximum absolute atomic E-state index is 12.4. The van der Waals surface area contributed by atoms with Gasteiger partial charge in [-0.1, -0.05) is 25.4 Å². The molecule has 0 saturated carbocycles. The van der Waals surface area contributed by atoms with Crippen molar-refractivity contribution >= 4 is 23.6 Å². The van der Waals surface area contributed by atoms with Gasteiger partial charge in [-0.2, -0.15) is 0 Å². The van der Waals surface area contributed by atoms with E-state index in [9.17, 15) is 9.59 Å². The molecule has 0 fully saturated rings. The van der Waals surface area contributed by atoms with Crippen molar-refractivity contribution < 1.29 is 23.8 Å². The Morgan fingerprint density at radius 1 is 1.27 bits per heavy atom. The maximum atomic E-state index is 12.4. The molecule has 2 amide bonds. The standard InChI is InChI=1S/C18H25ClN2O5/c1-4-24-18(23)21-15(11(2)3)17(22)20-6-5-12-9-13(19)16-14(10-12)25-7-8-26-16/h9-11,15H,4-8H2,1-3H3,(H,20,22)(H,21,23). The van der Waals surface area contributed by atoms with Gasteiger partial charge in [-0.15, -0.1) is 0 Å². The van der Waals surface area contributed by atoms with E-state index in [1.807, 2.05) is 19.9 Å². The summed E-state index contributed by atoms with van der Waals surface area (Å²) >= 11 is 6.21. The molecule has 1 aromatic carbocycles. The summed E-state index contributed by atoms with van der Waals surface area (Å²) in [7, 11) is 0. The van der Waals surface area contributed by atoms with Crippen molar-refractivity contribution in [2.75, 3.05) is 26.4 Å². The highest BCUT2D eigenvalue weighted by molar-refractivity contribution is 6.32. The Hall–Kier alpha value is -2.15. The fourth-order valence-electron chi connectivity index (χ4n) is 2.58. The van der Waals surface area contributed by atoms with Crippen molar-refractivity contribution in [2.45, 2.75) is 33.2 Å². The summed E-state index contributed by atoms with van der Waals surface area (Å²) < 4.78 is 15.9. The van der Waals surface area contributed by atoms with Crippen molar-refractivity contribution in [3.8, 4) is 11.5 Å². The van der Waals surface area contributed by atoms with Gasteiger partial charge in [-0.25, -0.2) is 4.79 Å². The number of carbonyl (C=O) groups excluding carboxylic acids is 2. The smallest absolute Gasteiger partial charge is 0.407 e. The zero-order valence-electron chi connectivity index (χ0n) is 15.3. The van der Waals surface area contributed by atoms with Crippen LogP contribution in [0.3, 0.4) is 0 Å². The molecule has 8 heteroatoms. The minimum Gasteiger partial charge on any atom is -0.486 e. The van der Waals surface area contributed by atoms with E-state index in [-0.39, 0.29) is 18.4 Å². The Kier molecular flexibility index (Phi) is 7.38. The molecule has 2 rings (SSSR count). The van der Waals surface area contributed by atoms with E-state index in [1.54, 1.807) is 13.0 Å². The van der Waals surface area contributed by atoms with E-state index in [0.29, 0.717) is 42.7 Å². The van der Waals surface area contributed by atoms with Crippen molar-refractivity contribution in [3.63, 3.8) is 0 Å². The Balaban J connectivity index is 1.90. The molecule has 2 N–H and O–H groups in total. The molecule has 1 heterocycles. The SMILES string of the molecule is CCOC(=O)NC(C(=O)NCCc1cc(Cl)c2c(c1)OCCO2)C(C)C. The zero-order valence-corrected chi connectivity index (χ0v) is 16.0. The van der Waals surface area contributed by atoms with Crippen LogP contribution in [0, 0.1) is 5.92 Å². The topological polar surface area (TPSA) is 85.9 Å². The van der Waals surface area contributed by atoms with Crippen LogP contribution in [0.1, 0.15) is 26.3 Å². The number of carbonyl (C=O) groups is 2. The first-order valence-electron chi connectivity index (χ1n) is 8.71. The quantitative estimate of drug-likeness (QED) is 0.754. The molecule has 144 valence electrons. The molecule has 0 radical (unpaired) electrons. The van der Waals surface area contributed by atoms with Crippen LogP contribution in [0.15, 0.2) is 12.1 Å². The summed E-state index contributed by atoms with van der Waals surface area (Å²) in [5, 5.41) is 5.91. The van der Waals surface area contributed by atoms with Crippen molar-refractivity contribution in [3.05, 3.63) is 22.7 Å². The normalized spacial score (nSPS) is 13.9. The van der Waals surface area contributed by atoms with Crippen molar-refractivity contribution in [1.29, 1.82) is 0 Å². The molecule has 7 nitrogen and oxygen atoms in total. The van der Waals surface area contributed by atoms with Crippen molar-refractivity contribution in [2.24, 2.45) is 5.92 Å². The molecule has 1 atom stereocenters. The lowest BCUT2D eigenvalue weighted by Gasteiger charge is -2.22. The van der Waals surface area contributed by atoms with Gasteiger partial charge in [0, 0.05) is 6.54 Å². The number of hydrogen-bond acceptors (Lipinski definition) is 5. The Morgan fingerprint density at radius 2 is 2.00 bits per heavy atom. The van der Waals surface area contributed by atoms with Gasteiger partial charge < -0.3 is 24.8 Å². The number of hydrogen-bond donors (Lipinski definition) is 2. The number of amides is 2. The molecule has 0 saturated heterocycles. The molecule has 0 aliphatic carbocycles. The van der Waals surface area contributed by atoms with Crippen LogP contribution in [-0.2, 0) is 16.0 Å². The van der Waals surface area contributed by atoms with Gasteiger partial charge in [0.15, 0.2) is 11.5 Å². The second-order valence-corrected chi connectivity index (χ2v) is 6.64. The molecule has 1 aliphatic rings. The second kappa shape index (κ2) is 9.52. The van der Waals surface area contributed by atoms with Gasteiger partial charge in [0.05, 0.1) is 11.6 Å². The van der Waals surface area contributed by atoms with Gasteiger partial charge in [-0.05, 0) is 37.0 Å². The number of fused-ring (bicyclic) bond motifs is 1. The number of benzene rings is 1. The lowest BCUT2D eigenvalue weighted by atomic mass is 10.0. The summed E-state index contributed by atoms with van der Waals surface area (Å²) in [6.07, 6.45) is -0.0215. The van der Waals surface area contributed by atoms with Gasteiger partial charge in [0.2, 0.25) is 5.91 Å². The van der Waals surface area contributed by atoms with E-state index in [1.165, 1.54) is 0 Å². The Bertz CT molecular complexity index is 651. The fraction of sp³-hybridized carbons (Fsp3) is 0.556. The van der Waals surface area contributed by atoms with Crippen LogP contribution in [0.4, 0.5) is 4.79 Å². The molecule has 1 aromatic rings. The summed E-state index contributed by atoms with van der Waals surface area (Å²) in [5.74, 6) is 0.859. The summed E-state index contributed by atoms with van der Waals surface area (Å²) in [5.41, 5.74) is 0.930. The monoisotopic (exact) mass is 384 g/mol. The van der Waals surface area contributed by atoms with E-state index < -0.39 is 12.1 Å². The molecular weight excluding hydrogens is 360 g/mol. The van der Waals surface area contributed by atoms with Crippen LogP contribution >= 0.6 is 11.6 Å². The average Bonchev–Trinajstić information content (AvgIpc) is 2.59. The van der Waals surface area contributed by atoms with Crippen LogP contribution in [-0.4, -0.2) is 44.4 Å². The molecule has 26 heavy (non-hydrogen) atoms. The van der Waals surface area contributed by atoms with E-state index in [4.69, 9.17) is 25.8 Å². The third kappa shape index (κ3) is 5.42. The lowest BCUT2D eigenvalue weighted by Crippen LogP contribution is -2.50. The van der Waals surface area contributed by atoms with E-state index >= 15 is 0 Å². The van der Waals surface area contributed by atoms with Gasteiger partial charge >= 0.3 is 6.09 Å². The van der Waals surface area contributed by atoms with Crippen LogP contribution in [0.5, 0.6) is 11.5 Å².